The van der Waals surface area contributed by atoms with E-state index in [4.69, 9.17) is 0 Å². The zero-order valence-electron chi connectivity index (χ0n) is 10.1. The molecule has 0 saturated heterocycles. The van der Waals surface area contributed by atoms with Crippen LogP contribution in [0.2, 0.25) is 0 Å². The number of hydrogen-bond acceptors (Lipinski definition) is 1. The molecular formula is C15H21N. The van der Waals surface area contributed by atoms with E-state index in [1.54, 1.807) is 11.1 Å². The molecule has 0 amide bonds. The Morgan fingerprint density at radius 1 is 1.31 bits per heavy atom. The summed E-state index contributed by atoms with van der Waals surface area (Å²) in [5.41, 5.74) is 3.65. The van der Waals surface area contributed by atoms with Crippen LogP contribution in [0.3, 0.4) is 0 Å². The molecule has 1 heteroatoms. The van der Waals surface area contributed by atoms with Gasteiger partial charge in [0, 0.05) is 18.0 Å². The first-order chi connectivity index (χ1) is 7.83. The van der Waals surface area contributed by atoms with Crippen LogP contribution in [0, 0.1) is 0 Å². The number of benzene rings is 1. The van der Waals surface area contributed by atoms with Crippen molar-refractivity contribution in [3.8, 4) is 0 Å². The van der Waals surface area contributed by atoms with Crippen molar-refractivity contribution in [2.45, 2.75) is 50.5 Å². The SMILES string of the molecule is CCC1(NCC2Cc3ccccc32)CCC1. The van der Waals surface area contributed by atoms with Crippen LogP contribution in [-0.4, -0.2) is 12.1 Å². The summed E-state index contributed by atoms with van der Waals surface area (Å²) in [4.78, 5) is 0. The van der Waals surface area contributed by atoms with Gasteiger partial charge in [0.15, 0.2) is 0 Å². The highest BCUT2D eigenvalue weighted by molar-refractivity contribution is 5.40. The van der Waals surface area contributed by atoms with Gasteiger partial charge < -0.3 is 5.32 Å². The molecule has 2 aliphatic carbocycles. The lowest BCUT2D eigenvalue weighted by Gasteiger charge is -2.44. The predicted molar refractivity (Wildman–Crippen MR) is 67.8 cm³/mol. The van der Waals surface area contributed by atoms with E-state index < -0.39 is 0 Å². The molecule has 1 unspecified atom stereocenters. The van der Waals surface area contributed by atoms with Crippen LogP contribution in [0.4, 0.5) is 0 Å². The number of rotatable bonds is 4. The summed E-state index contributed by atoms with van der Waals surface area (Å²) in [6.07, 6.45) is 6.77. The van der Waals surface area contributed by atoms with Gasteiger partial charge in [0.1, 0.15) is 0 Å². The Balaban J connectivity index is 1.58. The smallest absolute Gasteiger partial charge is 0.0179 e. The van der Waals surface area contributed by atoms with Crippen molar-refractivity contribution < 1.29 is 0 Å². The first-order valence-corrected chi connectivity index (χ1v) is 6.66. The molecule has 0 radical (unpaired) electrons. The van der Waals surface area contributed by atoms with E-state index in [1.165, 1.54) is 38.6 Å². The summed E-state index contributed by atoms with van der Waals surface area (Å²) in [5.74, 6) is 0.778. The predicted octanol–water partition coefficient (Wildman–Crippen LogP) is 3.25. The average Bonchev–Trinajstić information content (AvgIpc) is 2.23. The molecule has 0 heterocycles. The Hall–Kier alpha value is -0.820. The topological polar surface area (TPSA) is 12.0 Å². The third-order valence-corrected chi connectivity index (χ3v) is 4.67. The number of hydrogen-bond donors (Lipinski definition) is 1. The molecule has 1 atom stereocenters. The Kier molecular flexibility index (Phi) is 2.51. The highest BCUT2D eigenvalue weighted by Crippen LogP contribution is 2.38. The molecule has 16 heavy (non-hydrogen) atoms. The van der Waals surface area contributed by atoms with Gasteiger partial charge in [-0.15, -0.1) is 0 Å². The Bertz CT molecular complexity index is 373. The molecule has 1 fully saturated rings. The van der Waals surface area contributed by atoms with Crippen LogP contribution in [0.15, 0.2) is 24.3 Å². The van der Waals surface area contributed by atoms with Gasteiger partial charge in [-0.1, -0.05) is 31.2 Å². The van der Waals surface area contributed by atoms with Crippen LogP contribution >= 0.6 is 0 Å². The van der Waals surface area contributed by atoms with E-state index in [9.17, 15) is 0 Å². The van der Waals surface area contributed by atoms with E-state index in [0.29, 0.717) is 5.54 Å². The third-order valence-electron chi connectivity index (χ3n) is 4.67. The molecule has 0 spiro atoms. The molecule has 1 aromatic carbocycles. The largest absolute Gasteiger partial charge is 0.311 e. The monoisotopic (exact) mass is 215 g/mol. The molecule has 1 aromatic rings. The second kappa shape index (κ2) is 3.89. The fourth-order valence-corrected chi connectivity index (χ4v) is 3.14. The van der Waals surface area contributed by atoms with E-state index in [-0.39, 0.29) is 0 Å². The average molecular weight is 215 g/mol. The fraction of sp³-hybridized carbons (Fsp3) is 0.600. The van der Waals surface area contributed by atoms with Gasteiger partial charge in [-0.2, -0.15) is 0 Å². The lowest BCUT2D eigenvalue weighted by atomic mass is 9.73. The van der Waals surface area contributed by atoms with Gasteiger partial charge >= 0.3 is 0 Å². The first kappa shape index (κ1) is 10.3. The van der Waals surface area contributed by atoms with Gasteiger partial charge in [0.05, 0.1) is 0 Å². The fourth-order valence-electron chi connectivity index (χ4n) is 3.14. The zero-order chi connectivity index (χ0) is 11.0. The molecule has 1 N–H and O–H groups in total. The van der Waals surface area contributed by atoms with Crippen molar-refractivity contribution in [1.29, 1.82) is 0 Å². The van der Waals surface area contributed by atoms with Crippen LogP contribution in [0.5, 0.6) is 0 Å². The molecule has 0 bridgehead atoms. The van der Waals surface area contributed by atoms with Gasteiger partial charge in [-0.05, 0) is 43.2 Å². The minimum absolute atomic E-state index is 0.504. The minimum atomic E-state index is 0.504. The third kappa shape index (κ3) is 1.58. The summed E-state index contributed by atoms with van der Waals surface area (Å²) in [6, 6.07) is 8.89. The summed E-state index contributed by atoms with van der Waals surface area (Å²) in [6.45, 7) is 3.51. The van der Waals surface area contributed by atoms with E-state index in [2.05, 4.69) is 36.5 Å². The maximum absolute atomic E-state index is 3.83. The lowest BCUT2D eigenvalue weighted by Crippen LogP contribution is -2.52. The summed E-state index contributed by atoms with van der Waals surface area (Å²) >= 11 is 0. The molecule has 0 aliphatic heterocycles. The zero-order valence-corrected chi connectivity index (χ0v) is 10.1. The highest BCUT2D eigenvalue weighted by Gasteiger charge is 2.36. The molecule has 1 nitrogen and oxygen atoms in total. The first-order valence-electron chi connectivity index (χ1n) is 6.66. The van der Waals surface area contributed by atoms with Gasteiger partial charge in [0.2, 0.25) is 0 Å². The molecule has 2 aliphatic rings. The second-order valence-electron chi connectivity index (χ2n) is 5.47. The summed E-state index contributed by atoms with van der Waals surface area (Å²) in [7, 11) is 0. The van der Waals surface area contributed by atoms with Crippen molar-refractivity contribution in [3.63, 3.8) is 0 Å². The van der Waals surface area contributed by atoms with Crippen molar-refractivity contribution in [1.82, 2.24) is 5.32 Å². The van der Waals surface area contributed by atoms with Crippen LogP contribution < -0.4 is 5.32 Å². The van der Waals surface area contributed by atoms with E-state index in [0.717, 1.165) is 5.92 Å². The van der Waals surface area contributed by atoms with Gasteiger partial charge in [-0.3, -0.25) is 0 Å². The van der Waals surface area contributed by atoms with Crippen LogP contribution in [0.25, 0.3) is 0 Å². The minimum Gasteiger partial charge on any atom is -0.311 e. The van der Waals surface area contributed by atoms with Crippen molar-refractivity contribution in [2.24, 2.45) is 0 Å². The Labute approximate surface area is 98.3 Å². The number of fused-ring (bicyclic) bond motifs is 1. The number of nitrogens with one attached hydrogen (secondary N) is 1. The molecule has 86 valence electrons. The molecule has 3 rings (SSSR count). The van der Waals surface area contributed by atoms with Crippen molar-refractivity contribution in [2.75, 3.05) is 6.54 Å². The van der Waals surface area contributed by atoms with Crippen LogP contribution in [-0.2, 0) is 6.42 Å². The summed E-state index contributed by atoms with van der Waals surface area (Å²) in [5, 5.41) is 3.83. The normalized spacial score (nSPS) is 25.4. The van der Waals surface area contributed by atoms with Crippen LogP contribution in [0.1, 0.15) is 49.7 Å². The maximum atomic E-state index is 3.83. The standard InChI is InChI=1S/C15H21N/c1-2-15(8-5-9-15)16-11-13-10-12-6-3-4-7-14(12)13/h3-4,6-7,13,16H,2,5,8-11H2,1H3. The maximum Gasteiger partial charge on any atom is 0.0179 e. The van der Waals surface area contributed by atoms with E-state index in [1.807, 2.05) is 0 Å². The molecular weight excluding hydrogens is 194 g/mol. The molecule has 1 saturated carbocycles. The lowest BCUT2D eigenvalue weighted by molar-refractivity contribution is 0.172. The van der Waals surface area contributed by atoms with Gasteiger partial charge in [-0.25, -0.2) is 0 Å². The highest BCUT2D eigenvalue weighted by atomic mass is 15.0. The summed E-state index contributed by atoms with van der Waals surface area (Å²) < 4.78 is 0. The Morgan fingerprint density at radius 3 is 2.75 bits per heavy atom. The van der Waals surface area contributed by atoms with Crippen molar-refractivity contribution in [3.05, 3.63) is 35.4 Å². The Morgan fingerprint density at radius 2 is 2.12 bits per heavy atom. The second-order valence-corrected chi connectivity index (χ2v) is 5.47. The van der Waals surface area contributed by atoms with E-state index >= 15 is 0 Å². The van der Waals surface area contributed by atoms with Gasteiger partial charge in [0.25, 0.3) is 0 Å². The molecule has 0 aromatic heterocycles. The quantitative estimate of drug-likeness (QED) is 0.813. The van der Waals surface area contributed by atoms with Crippen molar-refractivity contribution >= 4 is 0 Å².